The summed E-state index contributed by atoms with van der Waals surface area (Å²) in [4.78, 5) is 15.0. The molecule has 1 heterocycles. The van der Waals surface area contributed by atoms with Crippen LogP contribution in [0.4, 0.5) is 0 Å². The highest BCUT2D eigenvalue weighted by atomic mass is 35.5. The number of nitrogens with zero attached hydrogens (tertiary/aromatic N) is 2. The van der Waals surface area contributed by atoms with Gasteiger partial charge in [0, 0.05) is 19.6 Å². The maximum Gasteiger partial charge on any atom is 0.252 e. The predicted octanol–water partition coefficient (Wildman–Crippen LogP) is 3.72. The van der Waals surface area contributed by atoms with Gasteiger partial charge in [-0.3, -0.25) is 4.79 Å². The van der Waals surface area contributed by atoms with Gasteiger partial charge in [0.25, 0.3) is 5.91 Å². The zero-order valence-electron chi connectivity index (χ0n) is 18.3. The number of benzene rings is 2. The van der Waals surface area contributed by atoms with E-state index in [1.54, 1.807) is 0 Å². The van der Waals surface area contributed by atoms with Crippen molar-refractivity contribution >= 4 is 27.5 Å². The van der Waals surface area contributed by atoms with Crippen LogP contribution in [-0.4, -0.2) is 57.3 Å². The Kier molecular flexibility index (Phi) is 7.75. The van der Waals surface area contributed by atoms with Crippen molar-refractivity contribution in [3.8, 4) is 0 Å². The molecule has 0 bridgehead atoms. The molecule has 8 heteroatoms. The zero-order chi connectivity index (χ0) is 22.6. The van der Waals surface area contributed by atoms with Crippen molar-refractivity contribution in [2.45, 2.75) is 37.1 Å². The normalized spacial score (nSPS) is 15.9. The third-order valence-electron chi connectivity index (χ3n) is 5.74. The van der Waals surface area contributed by atoms with E-state index in [9.17, 15) is 13.2 Å². The van der Waals surface area contributed by atoms with Crippen molar-refractivity contribution in [2.75, 3.05) is 33.7 Å². The average molecular weight is 464 g/mol. The van der Waals surface area contributed by atoms with Crippen LogP contribution in [0.5, 0.6) is 0 Å². The maximum absolute atomic E-state index is 12.9. The first kappa shape index (κ1) is 23.7. The second-order valence-corrected chi connectivity index (χ2v) is 10.4. The fourth-order valence-electron chi connectivity index (χ4n) is 3.78. The SMILES string of the molecule is CCc1ccc(C(CNC(=O)c2cc(S(=O)(=O)N3CCCC3)ccc2Cl)N(C)C)cc1. The van der Waals surface area contributed by atoms with Crippen molar-refractivity contribution in [1.29, 1.82) is 0 Å². The van der Waals surface area contributed by atoms with Gasteiger partial charge in [0.2, 0.25) is 10.0 Å². The summed E-state index contributed by atoms with van der Waals surface area (Å²) in [5.74, 6) is -0.388. The number of carbonyl (C=O) groups excluding carboxylic acids is 1. The second kappa shape index (κ2) is 10.1. The summed E-state index contributed by atoms with van der Waals surface area (Å²) in [6.07, 6.45) is 2.68. The van der Waals surface area contributed by atoms with E-state index < -0.39 is 10.0 Å². The molecule has 0 aromatic heterocycles. The molecule has 0 saturated carbocycles. The summed E-state index contributed by atoms with van der Waals surface area (Å²) in [6, 6.07) is 12.6. The molecule has 1 amide bonds. The Morgan fingerprint density at radius 2 is 1.77 bits per heavy atom. The van der Waals surface area contributed by atoms with E-state index in [4.69, 9.17) is 11.6 Å². The van der Waals surface area contributed by atoms with Gasteiger partial charge in [-0.05, 0) is 62.7 Å². The molecule has 1 N–H and O–H groups in total. The van der Waals surface area contributed by atoms with Crippen LogP contribution < -0.4 is 5.32 Å². The molecule has 1 atom stereocenters. The minimum atomic E-state index is -3.62. The van der Waals surface area contributed by atoms with E-state index in [-0.39, 0.29) is 27.4 Å². The van der Waals surface area contributed by atoms with Gasteiger partial charge in [-0.15, -0.1) is 0 Å². The van der Waals surface area contributed by atoms with Crippen LogP contribution >= 0.6 is 11.6 Å². The topological polar surface area (TPSA) is 69.7 Å². The number of nitrogens with one attached hydrogen (secondary N) is 1. The summed E-state index contributed by atoms with van der Waals surface area (Å²) < 4.78 is 27.2. The van der Waals surface area contributed by atoms with Gasteiger partial charge in [-0.1, -0.05) is 42.8 Å². The van der Waals surface area contributed by atoms with Crippen LogP contribution in [0.25, 0.3) is 0 Å². The van der Waals surface area contributed by atoms with E-state index in [1.165, 1.54) is 28.1 Å². The number of hydrogen-bond donors (Lipinski definition) is 1. The van der Waals surface area contributed by atoms with E-state index in [0.29, 0.717) is 19.6 Å². The van der Waals surface area contributed by atoms with Crippen molar-refractivity contribution in [3.63, 3.8) is 0 Å². The molecule has 1 saturated heterocycles. The summed E-state index contributed by atoms with van der Waals surface area (Å²) >= 11 is 6.25. The molecular weight excluding hydrogens is 434 g/mol. The molecular formula is C23H30ClN3O3S. The lowest BCUT2D eigenvalue weighted by atomic mass is 10.0. The molecule has 1 aliphatic heterocycles. The zero-order valence-corrected chi connectivity index (χ0v) is 19.8. The minimum absolute atomic E-state index is 0.0230. The van der Waals surface area contributed by atoms with E-state index in [1.807, 2.05) is 19.0 Å². The van der Waals surface area contributed by atoms with Crippen LogP contribution in [-0.2, 0) is 16.4 Å². The van der Waals surface area contributed by atoms with Gasteiger partial charge in [0.15, 0.2) is 0 Å². The Morgan fingerprint density at radius 1 is 1.13 bits per heavy atom. The van der Waals surface area contributed by atoms with Crippen LogP contribution in [0.1, 0.15) is 47.3 Å². The first-order chi connectivity index (χ1) is 14.7. The van der Waals surface area contributed by atoms with Gasteiger partial charge in [0.1, 0.15) is 0 Å². The van der Waals surface area contributed by atoms with Crippen molar-refractivity contribution in [2.24, 2.45) is 0 Å². The molecule has 1 unspecified atom stereocenters. The van der Waals surface area contributed by atoms with Crippen LogP contribution in [0.15, 0.2) is 47.4 Å². The number of hydrogen-bond acceptors (Lipinski definition) is 4. The van der Waals surface area contributed by atoms with Crippen molar-refractivity contribution < 1.29 is 13.2 Å². The van der Waals surface area contributed by atoms with Gasteiger partial charge in [-0.2, -0.15) is 4.31 Å². The molecule has 3 rings (SSSR count). The predicted molar refractivity (Wildman–Crippen MR) is 124 cm³/mol. The van der Waals surface area contributed by atoms with Crippen LogP contribution in [0.2, 0.25) is 5.02 Å². The maximum atomic E-state index is 12.9. The van der Waals surface area contributed by atoms with E-state index in [2.05, 4.69) is 36.5 Å². The highest BCUT2D eigenvalue weighted by Crippen LogP contribution is 2.26. The number of aryl methyl sites for hydroxylation is 1. The molecule has 6 nitrogen and oxygen atoms in total. The van der Waals surface area contributed by atoms with Gasteiger partial charge in [0.05, 0.1) is 21.5 Å². The Balaban J connectivity index is 1.77. The fraction of sp³-hybridized carbons (Fsp3) is 0.435. The van der Waals surface area contributed by atoms with Crippen LogP contribution in [0, 0.1) is 0 Å². The number of sulfonamides is 1. The summed E-state index contributed by atoms with van der Waals surface area (Å²) in [5, 5.41) is 3.15. The number of rotatable bonds is 8. The first-order valence-electron chi connectivity index (χ1n) is 10.6. The molecule has 0 radical (unpaired) electrons. The minimum Gasteiger partial charge on any atom is -0.350 e. The Morgan fingerprint density at radius 3 is 2.35 bits per heavy atom. The molecule has 0 aliphatic carbocycles. The highest BCUT2D eigenvalue weighted by molar-refractivity contribution is 7.89. The van der Waals surface area contributed by atoms with Crippen LogP contribution in [0.3, 0.4) is 0 Å². The highest BCUT2D eigenvalue weighted by Gasteiger charge is 2.28. The van der Waals surface area contributed by atoms with E-state index >= 15 is 0 Å². The molecule has 1 fully saturated rings. The van der Waals surface area contributed by atoms with Gasteiger partial charge in [-0.25, -0.2) is 8.42 Å². The van der Waals surface area contributed by atoms with Gasteiger partial charge < -0.3 is 10.2 Å². The van der Waals surface area contributed by atoms with Gasteiger partial charge >= 0.3 is 0 Å². The third-order valence-corrected chi connectivity index (χ3v) is 7.96. The summed E-state index contributed by atoms with van der Waals surface area (Å²) in [6.45, 7) is 3.50. The number of amides is 1. The lowest BCUT2D eigenvalue weighted by Crippen LogP contribution is -2.35. The third kappa shape index (κ3) is 5.47. The van der Waals surface area contributed by atoms with Crippen molar-refractivity contribution in [3.05, 3.63) is 64.2 Å². The smallest absolute Gasteiger partial charge is 0.252 e. The molecule has 0 spiro atoms. The molecule has 2 aromatic rings. The second-order valence-electron chi connectivity index (χ2n) is 8.04. The lowest BCUT2D eigenvalue weighted by Gasteiger charge is -2.25. The number of likely N-dealkylation sites (N-methyl/N-ethyl adjacent to an activating group) is 1. The van der Waals surface area contributed by atoms with E-state index in [0.717, 1.165) is 24.8 Å². The standard InChI is InChI=1S/C23H30ClN3O3S/c1-4-17-7-9-18(10-8-17)22(26(2)3)16-25-23(28)20-15-19(11-12-21(20)24)31(29,30)27-13-5-6-14-27/h7-12,15,22H,4-6,13-14,16H2,1-3H3,(H,25,28). The summed E-state index contributed by atoms with van der Waals surface area (Å²) in [7, 11) is 0.299. The van der Waals surface area contributed by atoms with Crippen molar-refractivity contribution in [1.82, 2.24) is 14.5 Å². The molecule has 168 valence electrons. The molecule has 31 heavy (non-hydrogen) atoms. The quantitative estimate of drug-likeness (QED) is 0.647. The fourth-order valence-corrected chi connectivity index (χ4v) is 5.52. The lowest BCUT2D eigenvalue weighted by molar-refractivity contribution is 0.0942. The molecule has 2 aromatic carbocycles. The molecule has 1 aliphatic rings. The Bertz CT molecular complexity index is 1020. The summed E-state index contributed by atoms with van der Waals surface area (Å²) in [5.41, 5.74) is 2.52. The number of carbonyl (C=O) groups is 1. The Labute approximate surface area is 190 Å². The first-order valence-corrected chi connectivity index (χ1v) is 12.4. The Hall–Kier alpha value is -1.93. The monoisotopic (exact) mass is 463 g/mol. The number of halogens is 1. The average Bonchev–Trinajstić information content (AvgIpc) is 3.30. The largest absolute Gasteiger partial charge is 0.350 e.